The number of carbonyl (C=O) groups excluding carboxylic acids is 2. The Morgan fingerprint density at radius 3 is 2.57 bits per heavy atom. The van der Waals surface area contributed by atoms with E-state index in [0.29, 0.717) is 5.56 Å². The summed E-state index contributed by atoms with van der Waals surface area (Å²) in [7, 11) is 0. The molecule has 0 spiro atoms. The number of esters is 1. The number of hydrogen-bond acceptors (Lipinski definition) is 5. The molecule has 0 aliphatic heterocycles. The molecule has 0 aromatic heterocycles. The van der Waals surface area contributed by atoms with Crippen LogP contribution in [0.2, 0.25) is 0 Å². The number of nitro benzene ring substituents is 1. The van der Waals surface area contributed by atoms with Crippen molar-refractivity contribution in [2.45, 2.75) is 6.92 Å². The monoisotopic (exact) mass is 317 g/mol. The van der Waals surface area contributed by atoms with E-state index in [0.717, 1.165) is 6.07 Å². The van der Waals surface area contributed by atoms with E-state index in [1.165, 1.54) is 43.3 Å². The lowest BCUT2D eigenvalue weighted by Crippen LogP contribution is -2.15. The Labute approximate surface area is 130 Å². The summed E-state index contributed by atoms with van der Waals surface area (Å²) < 4.78 is 17.9. The van der Waals surface area contributed by atoms with Gasteiger partial charge in [0.15, 0.2) is 12.4 Å². The van der Waals surface area contributed by atoms with E-state index in [4.69, 9.17) is 4.74 Å². The number of halogens is 1. The Bertz CT molecular complexity index is 788. The highest BCUT2D eigenvalue weighted by atomic mass is 19.1. The molecule has 0 aliphatic carbocycles. The van der Waals surface area contributed by atoms with Crippen LogP contribution in [-0.4, -0.2) is 23.3 Å². The van der Waals surface area contributed by atoms with E-state index in [-0.39, 0.29) is 16.8 Å². The summed E-state index contributed by atoms with van der Waals surface area (Å²) in [5.74, 6) is -2.17. The summed E-state index contributed by atoms with van der Waals surface area (Å²) in [5.41, 5.74) is -0.241. The van der Waals surface area contributed by atoms with Crippen LogP contribution in [0.1, 0.15) is 26.3 Å². The molecule has 0 unspecified atom stereocenters. The maximum absolute atomic E-state index is 13.0. The minimum absolute atomic E-state index is 0.0524. The average Bonchev–Trinajstić information content (AvgIpc) is 2.51. The Morgan fingerprint density at radius 2 is 1.91 bits per heavy atom. The zero-order valence-corrected chi connectivity index (χ0v) is 12.1. The van der Waals surface area contributed by atoms with E-state index in [9.17, 15) is 24.1 Å². The molecule has 0 saturated heterocycles. The zero-order valence-electron chi connectivity index (χ0n) is 12.1. The van der Waals surface area contributed by atoms with Crippen molar-refractivity contribution in [1.82, 2.24) is 0 Å². The first-order chi connectivity index (χ1) is 10.9. The number of para-hydroxylation sites is 1. The van der Waals surface area contributed by atoms with Crippen LogP contribution in [0.25, 0.3) is 0 Å². The quantitative estimate of drug-likeness (QED) is 0.366. The van der Waals surface area contributed by atoms with Gasteiger partial charge in [-0.3, -0.25) is 14.9 Å². The number of Topliss-reactive ketones (excluding diaryl/α,β-unsaturated/α-hetero) is 1. The number of benzene rings is 2. The Hall–Kier alpha value is -3.09. The van der Waals surface area contributed by atoms with Gasteiger partial charge in [0.2, 0.25) is 0 Å². The third-order valence-corrected chi connectivity index (χ3v) is 3.12. The van der Waals surface area contributed by atoms with Gasteiger partial charge in [-0.15, -0.1) is 0 Å². The lowest BCUT2D eigenvalue weighted by molar-refractivity contribution is -0.385. The first kappa shape index (κ1) is 16.3. The van der Waals surface area contributed by atoms with Crippen molar-refractivity contribution in [2.75, 3.05) is 6.61 Å². The van der Waals surface area contributed by atoms with Crippen molar-refractivity contribution in [3.63, 3.8) is 0 Å². The standard InChI is InChI=1S/C16H12FNO5/c1-10-4-2-7-13(15(10)18(21)22)16(20)23-9-14(19)11-5-3-6-12(17)8-11/h2-8H,9H2,1H3. The van der Waals surface area contributed by atoms with Gasteiger partial charge in [0.05, 0.1) is 4.92 Å². The fourth-order valence-corrected chi connectivity index (χ4v) is 2.02. The van der Waals surface area contributed by atoms with Crippen LogP contribution >= 0.6 is 0 Å². The third-order valence-electron chi connectivity index (χ3n) is 3.12. The minimum Gasteiger partial charge on any atom is -0.454 e. The van der Waals surface area contributed by atoms with Gasteiger partial charge in [0.25, 0.3) is 5.69 Å². The summed E-state index contributed by atoms with van der Waals surface area (Å²) in [6.45, 7) is 0.861. The Kier molecular flexibility index (Phi) is 4.80. The molecular weight excluding hydrogens is 305 g/mol. The molecule has 2 aromatic rings. The van der Waals surface area contributed by atoms with Crippen molar-refractivity contribution in [1.29, 1.82) is 0 Å². The smallest absolute Gasteiger partial charge is 0.345 e. The maximum Gasteiger partial charge on any atom is 0.345 e. The van der Waals surface area contributed by atoms with Crippen LogP contribution in [0.15, 0.2) is 42.5 Å². The lowest BCUT2D eigenvalue weighted by Gasteiger charge is -2.06. The van der Waals surface area contributed by atoms with Gasteiger partial charge in [0, 0.05) is 11.1 Å². The van der Waals surface area contributed by atoms with Gasteiger partial charge >= 0.3 is 5.97 Å². The summed E-state index contributed by atoms with van der Waals surface area (Å²) in [4.78, 5) is 34.2. The molecular formula is C16H12FNO5. The molecule has 2 rings (SSSR count). The molecule has 7 heteroatoms. The van der Waals surface area contributed by atoms with Crippen molar-refractivity contribution in [2.24, 2.45) is 0 Å². The summed E-state index contributed by atoms with van der Waals surface area (Å²) in [6, 6.07) is 9.16. The molecule has 118 valence electrons. The molecule has 0 aliphatic rings. The van der Waals surface area contributed by atoms with Gasteiger partial charge in [-0.2, -0.15) is 0 Å². The van der Waals surface area contributed by atoms with Gasteiger partial charge < -0.3 is 4.74 Å². The van der Waals surface area contributed by atoms with Crippen molar-refractivity contribution < 1.29 is 23.6 Å². The van der Waals surface area contributed by atoms with Gasteiger partial charge in [0.1, 0.15) is 11.4 Å². The SMILES string of the molecule is Cc1cccc(C(=O)OCC(=O)c2cccc(F)c2)c1[N+](=O)[O-]. The molecule has 0 atom stereocenters. The third kappa shape index (κ3) is 3.76. The van der Waals surface area contributed by atoms with Crippen LogP contribution < -0.4 is 0 Å². The first-order valence-corrected chi connectivity index (χ1v) is 6.60. The number of nitro groups is 1. The predicted molar refractivity (Wildman–Crippen MR) is 78.8 cm³/mol. The van der Waals surface area contributed by atoms with Crippen LogP contribution in [0.4, 0.5) is 10.1 Å². The normalized spacial score (nSPS) is 10.2. The maximum atomic E-state index is 13.0. The number of aryl methyl sites for hydroxylation is 1. The summed E-state index contributed by atoms with van der Waals surface area (Å²) in [6.07, 6.45) is 0. The number of carbonyl (C=O) groups is 2. The molecule has 0 radical (unpaired) electrons. The second kappa shape index (κ2) is 6.78. The highest BCUT2D eigenvalue weighted by Crippen LogP contribution is 2.23. The molecule has 0 fully saturated rings. The second-order valence-electron chi connectivity index (χ2n) is 4.74. The van der Waals surface area contributed by atoms with Crippen LogP contribution in [-0.2, 0) is 4.74 Å². The zero-order chi connectivity index (χ0) is 17.0. The van der Waals surface area contributed by atoms with Crippen LogP contribution in [0.3, 0.4) is 0 Å². The van der Waals surface area contributed by atoms with E-state index in [1.54, 1.807) is 0 Å². The molecule has 2 aromatic carbocycles. The van der Waals surface area contributed by atoms with Gasteiger partial charge in [-0.05, 0) is 25.1 Å². The number of rotatable bonds is 5. The van der Waals surface area contributed by atoms with E-state index in [1.807, 2.05) is 0 Å². The minimum atomic E-state index is -0.981. The average molecular weight is 317 g/mol. The van der Waals surface area contributed by atoms with E-state index in [2.05, 4.69) is 0 Å². The molecule has 6 nitrogen and oxygen atoms in total. The molecule has 0 saturated carbocycles. The first-order valence-electron chi connectivity index (χ1n) is 6.60. The predicted octanol–water partition coefficient (Wildman–Crippen LogP) is 3.08. The number of ether oxygens (including phenoxy) is 1. The molecule has 0 bridgehead atoms. The largest absolute Gasteiger partial charge is 0.454 e. The molecule has 0 amide bonds. The summed E-state index contributed by atoms with van der Waals surface area (Å²) in [5, 5.41) is 11.0. The summed E-state index contributed by atoms with van der Waals surface area (Å²) >= 11 is 0. The molecule has 23 heavy (non-hydrogen) atoms. The highest BCUT2D eigenvalue weighted by Gasteiger charge is 2.24. The van der Waals surface area contributed by atoms with Crippen LogP contribution in [0.5, 0.6) is 0 Å². The van der Waals surface area contributed by atoms with E-state index >= 15 is 0 Å². The van der Waals surface area contributed by atoms with Crippen molar-refractivity contribution in [3.05, 3.63) is 75.1 Å². The number of ketones is 1. The highest BCUT2D eigenvalue weighted by molar-refractivity contribution is 6.00. The Balaban J connectivity index is 2.13. The van der Waals surface area contributed by atoms with Gasteiger partial charge in [-0.25, -0.2) is 9.18 Å². The Morgan fingerprint density at radius 1 is 1.22 bits per heavy atom. The fraction of sp³-hybridized carbons (Fsp3) is 0.125. The van der Waals surface area contributed by atoms with Gasteiger partial charge in [-0.1, -0.05) is 24.3 Å². The number of hydrogen-bond donors (Lipinski definition) is 0. The second-order valence-corrected chi connectivity index (χ2v) is 4.74. The fourth-order valence-electron chi connectivity index (χ4n) is 2.02. The molecule has 0 heterocycles. The van der Waals surface area contributed by atoms with Crippen molar-refractivity contribution >= 4 is 17.4 Å². The number of nitrogens with zero attached hydrogens (tertiary/aromatic N) is 1. The lowest BCUT2D eigenvalue weighted by atomic mass is 10.1. The van der Waals surface area contributed by atoms with E-state index < -0.39 is 29.1 Å². The van der Waals surface area contributed by atoms with Crippen molar-refractivity contribution in [3.8, 4) is 0 Å². The molecule has 0 N–H and O–H groups in total. The topological polar surface area (TPSA) is 86.5 Å². The van der Waals surface area contributed by atoms with Crippen LogP contribution in [0, 0.1) is 22.9 Å².